The lowest BCUT2D eigenvalue weighted by molar-refractivity contribution is 0.199. The average molecular weight is 395 g/mol. The van der Waals surface area contributed by atoms with Crippen molar-refractivity contribution < 1.29 is 13.9 Å². The van der Waals surface area contributed by atoms with Crippen LogP contribution in [-0.4, -0.2) is 20.1 Å². The van der Waals surface area contributed by atoms with E-state index in [9.17, 15) is 14.3 Å². The summed E-state index contributed by atoms with van der Waals surface area (Å²) in [6.45, 7) is 3.44. The SMILES string of the molecule is Cc1cnc(Nc2cc(C(C)O)ccc2F)nc1Nc1ccc2oc(=O)[nH]c2c1. The van der Waals surface area contributed by atoms with Crippen LogP contribution in [0.4, 0.5) is 27.5 Å². The molecular weight excluding hydrogens is 377 g/mol. The van der Waals surface area contributed by atoms with Crippen LogP contribution >= 0.6 is 0 Å². The largest absolute Gasteiger partial charge is 0.417 e. The van der Waals surface area contributed by atoms with Gasteiger partial charge in [-0.05, 0) is 49.7 Å². The third-order valence-corrected chi connectivity index (χ3v) is 4.37. The summed E-state index contributed by atoms with van der Waals surface area (Å²) in [6, 6.07) is 9.45. The minimum absolute atomic E-state index is 0.163. The fraction of sp³-hybridized carbons (Fsp3) is 0.150. The number of fused-ring (bicyclic) bond motifs is 1. The lowest BCUT2D eigenvalue weighted by atomic mass is 10.1. The van der Waals surface area contributed by atoms with Crippen LogP contribution in [0.3, 0.4) is 0 Å². The highest BCUT2D eigenvalue weighted by molar-refractivity contribution is 5.78. The Kier molecular flexibility index (Phi) is 4.73. The molecule has 2 aromatic carbocycles. The fourth-order valence-electron chi connectivity index (χ4n) is 2.81. The molecule has 2 aromatic heterocycles. The number of oxazole rings is 1. The van der Waals surface area contributed by atoms with Crippen molar-refractivity contribution in [2.45, 2.75) is 20.0 Å². The van der Waals surface area contributed by atoms with E-state index in [4.69, 9.17) is 4.42 Å². The van der Waals surface area contributed by atoms with Gasteiger partial charge < -0.3 is 20.2 Å². The number of aliphatic hydroxyl groups is 1. The van der Waals surface area contributed by atoms with Crippen LogP contribution in [-0.2, 0) is 0 Å². The standard InChI is InChI=1S/C20H18FN5O3/c1-10-9-22-19(24-15-7-12(11(2)27)3-5-14(15)21)26-18(10)23-13-4-6-17-16(8-13)25-20(28)29-17/h3-9,11,27H,1-2H3,(H,25,28)(H2,22,23,24,26). The molecule has 0 saturated carbocycles. The fourth-order valence-corrected chi connectivity index (χ4v) is 2.81. The van der Waals surface area contributed by atoms with Gasteiger partial charge in [0.2, 0.25) is 5.95 Å². The van der Waals surface area contributed by atoms with Gasteiger partial charge in [-0.15, -0.1) is 0 Å². The summed E-state index contributed by atoms with van der Waals surface area (Å²) in [6.07, 6.45) is 0.878. The molecular formula is C20H18FN5O3. The van der Waals surface area contributed by atoms with Gasteiger partial charge in [0.05, 0.1) is 17.3 Å². The quantitative estimate of drug-likeness (QED) is 0.405. The number of nitrogens with one attached hydrogen (secondary N) is 3. The molecule has 2 heterocycles. The summed E-state index contributed by atoms with van der Waals surface area (Å²) >= 11 is 0. The second kappa shape index (κ2) is 7.36. The Labute approximate surface area is 164 Å². The van der Waals surface area contributed by atoms with E-state index in [1.165, 1.54) is 18.2 Å². The van der Waals surface area contributed by atoms with Crippen LogP contribution < -0.4 is 16.4 Å². The van der Waals surface area contributed by atoms with Gasteiger partial charge in [-0.2, -0.15) is 4.98 Å². The van der Waals surface area contributed by atoms with E-state index >= 15 is 0 Å². The second-order valence-electron chi connectivity index (χ2n) is 6.62. The molecule has 4 N–H and O–H groups in total. The molecule has 8 nitrogen and oxygen atoms in total. The third-order valence-electron chi connectivity index (χ3n) is 4.37. The Hall–Kier alpha value is -3.72. The highest BCUT2D eigenvalue weighted by Gasteiger charge is 2.11. The van der Waals surface area contributed by atoms with Gasteiger partial charge in [0, 0.05) is 17.4 Å². The zero-order valence-corrected chi connectivity index (χ0v) is 15.7. The molecule has 0 aliphatic rings. The van der Waals surface area contributed by atoms with E-state index in [0.717, 1.165) is 5.56 Å². The summed E-state index contributed by atoms with van der Waals surface area (Å²) in [5.74, 6) is -0.303. The molecule has 0 aliphatic heterocycles. The lowest BCUT2D eigenvalue weighted by Gasteiger charge is -2.13. The Balaban J connectivity index is 1.62. The number of halogens is 1. The van der Waals surface area contributed by atoms with Crippen molar-refractivity contribution in [2.75, 3.05) is 10.6 Å². The Morgan fingerprint density at radius 1 is 1.21 bits per heavy atom. The monoisotopic (exact) mass is 395 g/mol. The highest BCUT2D eigenvalue weighted by atomic mass is 19.1. The molecule has 4 aromatic rings. The molecule has 148 valence electrons. The number of aromatic nitrogens is 3. The zero-order chi connectivity index (χ0) is 20.5. The van der Waals surface area contributed by atoms with Crippen LogP contribution in [0.1, 0.15) is 24.2 Å². The molecule has 0 bridgehead atoms. The van der Waals surface area contributed by atoms with Gasteiger partial charge in [-0.3, -0.25) is 4.98 Å². The molecule has 0 saturated heterocycles. The van der Waals surface area contributed by atoms with Crippen LogP contribution in [0.5, 0.6) is 0 Å². The molecule has 0 radical (unpaired) electrons. The van der Waals surface area contributed by atoms with Crippen molar-refractivity contribution in [3.63, 3.8) is 0 Å². The normalized spacial score (nSPS) is 12.1. The number of hydrogen-bond donors (Lipinski definition) is 4. The lowest BCUT2D eigenvalue weighted by Crippen LogP contribution is -2.04. The second-order valence-corrected chi connectivity index (χ2v) is 6.62. The maximum Gasteiger partial charge on any atom is 0.417 e. The summed E-state index contributed by atoms with van der Waals surface area (Å²) in [5.41, 5.74) is 3.20. The van der Waals surface area contributed by atoms with Crippen molar-refractivity contribution >= 4 is 34.2 Å². The van der Waals surface area contributed by atoms with E-state index in [1.54, 1.807) is 31.3 Å². The van der Waals surface area contributed by atoms with Gasteiger partial charge in [0.15, 0.2) is 5.58 Å². The number of aromatic amines is 1. The minimum atomic E-state index is -0.725. The molecule has 9 heteroatoms. The molecule has 0 spiro atoms. The molecule has 0 amide bonds. The highest BCUT2D eigenvalue weighted by Crippen LogP contribution is 2.25. The number of rotatable bonds is 5. The number of hydrogen-bond acceptors (Lipinski definition) is 7. The number of aryl methyl sites for hydroxylation is 1. The van der Waals surface area contributed by atoms with Crippen LogP contribution in [0.2, 0.25) is 0 Å². The van der Waals surface area contributed by atoms with E-state index < -0.39 is 17.7 Å². The first-order valence-electron chi connectivity index (χ1n) is 8.87. The predicted octanol–water partition coefficient (Wildman–Crippen LogP) is 3.90. The molecule has 4 rings (SSSR count). The van der Waals surface area contributed by atoms with Crippen molar-refractivity contribution in [1.29, 1.82) is 0 Å². The summed E-state index contributed by atoms with van der Waals surface area (Å²) in [5, 5.41) is 15.7. The van der Waals surface area contributed by atoms with Crippen LogP contribution in [0, 0.1) is 12.7 Å². The predicted molar refractivity (Wildman–Crippen MR) is 107 cm³/mol. The average Bonchev–Trinajstić information content (AvgIpc) is 3.05. The maximum absolute atomic E-state index is 14.1. The Bertz CT molecular complexity index is 1250. The van der Waals surface area contributed by atoms with Crippen LogP contribution in [0.15, 0.2) is 51.8 Å². The number of aliphatic hydroxyl groups excluding tert-OH is 1. The van der Waals surface area contributed by atoms with E-state index in [2.05, 4.69) is 25.6 Å². The van der Waals surface area contributed by atoms with Gasteiger partial charge in [0.25, 0.3) is 0 Å². The number of benzene rings is 2. The van der Waals surface area contributed by atoms with Gasteiger partial charge in [-0.1, -0.05) is 6.07 Å². The topological polar surface area (TPSA) is 116 Å². The van der Waals surface area contributed by atoms with Crippen LogP contribution in [0.25, 0.3) is 11.1 Å². The molecule has 0 aliphatic carbocycles. The number of nitrogens with zero attached hydrogens (tertiary/aromatic N) is 2. The molecule has 1 unspecified atom stereocenters. The maximum atomic E-state index is 14.1. The van der Waals surface area contributed by atoms with Gasteiger partial charge >= 0.3 is 5.76 Å². The molecule has 29 heavy (non-hydrogen) atoms. The zero-order valence-electron chi connectivity index (χ0n) is 15.7. The first-order valence-corrected chi connectivity index (χ1v) is 8.87. The van der Waals surface area contributed by atoms with Crippen molar-refractivity contribution in [2.24, 2.45) is 0 Å². The molecule has 0 fully saturated rings. The minimum Gasteiger partial charge on any atom is -0.408 e. The van der Waals surface area contributed by atoms with Crippen molar-refractivity contribution in [1.82, 2.24) is 15.0 Å². The summed E-state index contributed by atoms with van der Waals surface area (Å²) in [7, 11) is 0. The smallest absolute Gasteiger partial charge is 0.408 e. The van der Waals surface area contributed by atoms with Crippen molar-refractivity contribution in [3.05, 3.63) is 70.1 Å². The van der Waals surface area contributed by atoms with E-state index in [1.807, 2.05) is 6.92 Å². The van der Waals surface area contributed by atoms with Gasteiger partial charge in [0.1, 0.15) is 11.6 Å². The van der Waals surface area contributed by atoms with Crippen molar-refractivity contribution in [3.8, 4) is 0 Å². The number of anilines is 4. The first kappa shape index (κ1) is 18.6. The number of H-pyrrole nitrogens is 1. The first-order chi connectivity index (χ1) is 13.9. The summed E-state index contributed by atoms with van der Waals surface area (Å²) in [4.78, 5) is 22.5. The van der Waals surface area contributed by atoms with Gasteiger partial charge in [-0.25, -0.2) is 14.2 Å². The molecule has 1 atom stereocenters. The Morgan fingerprint density at radius 3 is 2.83 bits per heavy atom. The summed E-state index contributed by atoms with van der Waals surface area (Å²) < 4.78 is 19.1. The van der Waals surface area contributed by atoms with E-state index in [-0.39, 0.29) is 11.6 Å². The Morgan fingerprint density at radius 2 is 2.03 bits per heavy atom. The third kappa shape index (κ3) is 3.94. The van der Waals surface area contributed by atoms with E-state index in [0.29, 0.717) is 28.2 Å².